The zero-order chi connectivity index (χ0) is 9.97. The molecule has 0 bridgehead atoms. The lowest BCUT2D eigenvalue weighted by molar-refractivity contribution is 0.130. The van der Waals surface area contributed by atoms with Gasteiger partial charge in [-0.1, -0.05) is 0 Å². The van der Waals surface area contributed by atoms with Crippen LogP contribution in [0, 0.1) is 0 Å². The van der Waals surface area contributed by atoms with E-state index < -0.39 is 6.10 Å². The summed E-state index contributed by atoms with van der Waals surface area (Å²) in [5, 5.41) is 13.9. The van der Waals surface area contributed by atoms with Gasteiger partial charge in [0.25, 0.3) is 0 Å². The number of fused-ring (bicyclic) bond motifs is 1. The Bertz CT molecular complexity index is 311. The van der Waals surface area contributed by atoms with Crippen molar-refractivity contribution < 1.29 is 9.84 Å². The van der Waals surface area contributed by atoms with Gasteiger partial charge < -0.3 is 9.84 Å². The number of nitrogens with zero attached hydrogens (tertiary/aromatic N) is 3. The summed E-state index contributed by atoms with van der Waals surface area (Å²) in [5.74, 6) is 1.48. The second-order valence-electron chi connectivity index (χ2n) is 3.51. The number of hydrogen-bond donors (Lipinski definition) is 1. The highest BCUT2D eigenvalue weighted by Gasteiger charge is 2.21. The highest BCUT2D eigenvalue weighted by molar-refractivity contribution is 4.99. The van der Waals surface area contributed by atoms with Gasteiger partial charge >= 0.3 is 0 Å². The van der Waals surface area contributed by atoms with E-state index in [1.54, 1.807) is 11.8 Å². The molecule has 0 saturated carbocycles. The quantitative estimate of drug-likeness (QED) is 0.756. The van der Waals surface area contributed by atoms with E-state index in [4.69, 9.17) is 4.74 Å². The first-order chi connectivity index (χ1) is 6.81. The van der Waals surface area contributed by atoms with Crippen molar-refractivity contribution in [1.29, 1.82) is 0 Å². The largest absolute Gasteiger partial charge is 0.385 e. The van der Waals surface area contributed by atoms with Gasteiger partial charge in [0.2, 0.25) is 0 Å². The van der Waals surface area contributed by atoms with Gasteiger partial charge in [0.1, 0.15) is 6.10 Å². The van der Waals surface area contributed by atoms with E-state index in [0.717, 1.165) is 25.2 Å². The molecule has 5 heteroatoms. The summed E-state index contributed by atoms with van der Waals surface area (Å²) < 4.78 is 6.76. The third-order valence-electron chi connectivity index (χ3n) is 2.42. The number of hydrogen-bond acceptors (Lipinski definition) is 4. The molecule has 0 radical (unpaired) electrons. The van der Waals surface area contributed by atoms with Gasteiger partial charge in [0, 0.05) is 20.1 Å². The van der Waals surface area contributed by atoms with Crippen LogP contribution in [0.25, 0.3) is 0 Å². The van der Waals surface area contributed by atoms with E-state index >= 15 is 0 Å². The summed E-state index contributed by atoms with van der Waals surface area (Å²) in [4.78, 5) is 4.29. The predicted octanol–water partition coefficient (Wildman–Crippen LogP) is 0.294. The minimum Gasteiger partial charge on any atom is -0.385 e. The summed E-state index contributed by atoms with van der Waals surface area (Å²) in [6, 6.07) is 0. The fraction of sp³-hybridized carbons (Fsp3) is 0.778. The van der Waals surface area contributed by atoms with E-state index in [9.17, 15) is 5.11 Å². The number of methoxy groups -OCH3 is 1. The maximum absolute atomic E-state index is 9.65. The Hall–Kier alpha value is -0.940. The number of aryl methyl sites for hydroxylation is 1. The van der Waals surface area contributed by atoms with Gasteiger partial charge in [-0.15, -0.1) is 0 Å². The van der Waals surface area contributed by atoms with Crippen molar-refractivity contribution in [3.63, 3.8) is 0 Å². The first-order valence-electron chi connectivity index (χ1n) is 4.92. The van der Waals surface area contributed by atoms with Gasteiger partial charge in [-0.25, -0.2) is 9.67 Å². The van der Waals surface area contributed by atoms with Crippen molar-refractivity contribution in [2.24, 2.45) is 0 Å². The third-order valence-corrected chi connectivity index (χ3v) is 2.42. The van der Waals surface area contributed by atoms with Gasteiger partial charge in [-0.2, -0.15) is 5.10 Å². The van der Waals surface area contributed by atoms with Gasteiger partial charge in [-0.05, 0) is 12.8 Å². The Balaban J connectivity index is 2.13. The zero-order valence-corrected chi connectivity index (χ0v) is 8.31. The normalized spacial score (nSPS) is 20.9. The molecule has 14 heavy (non-hydrogen) atoms. The number of aromatic nitrogens is 3. The molecule has 0 aromatic carbocycles. The lowest BCUT2D eigenvalue weighted by Crippen LogP contribution is -2.16. The molecule has 1 aliphatic heterocycles. The molecule has 0 amide bonds. The molecule has 2 heterocycles. The molecular weight excluding hydrogens is 182 g/mol. The van der Waals surface area contributed by atoms with Crippen LogP contribution in [0.15, 0.2) is 0 Å². The maximum Gasteiger partial charge on any atom is 0.156 e. The van der Waals surface area contributed by atoms with Crippen molar-refractivity contribution in [3.05, 3.63) is 11.6 Å². The molecule has 1 aromatic heterocycles. The van der Waals surface area contributed by atoms with Crippen molar-refractivity contribution in [3.8, 4) is 0 Å². The molecule has 1 aliphatic rings. The van der Waals surface area contributed by atoms with Crippen LogP contribution in [0.2, 0.25) is 0 Å². The number of rotatable bonds is 3. The van der Waals surface area contributed by atoms with Gasteiger partial charge in [0.15, 0.2) is 11.6 Å². The Morgan fingerprint density at radius 3 is 3.21 bits per heavy atom. The zero-order valence-electron chi connectivity index (χ0n) is 8.31. The van der Waals surface area contributed by atoms with Crippen LogP contribution < -0.4 is 0 Å². The molecule has 78 valence electrons. The van der Waals surface area contributed by atoms with Crippen LogP contribution in [-0.4, -0.2) is 33.6 Å². The van der Waals surface area contributed by atoms with Crippen molar-refractivity contribution in [1.82, 2.24) is 14.8 Å². The summed E-state index contributed by atoms with van der Waals surface area (Å²) in [6.45, 7) is 1.49. The van der Waals surface area contributed by atoms with E-state index in [1.807, 2.05) is 0 Å². The molecule has 0 saturated heterocycles. The fourth-order valence-corrected chi connectivity index (χ4v) is 1.68. The molecule has 2 rings (SSSR count). The molecule has 1 aromatic rings. The maximum atomic E-state index is 9.65. The SMILES string of the molecule is COCCc1nc2n(n1)CCCC2O. The van der Waals surface area contributed by atoms with E-state index in [1.165, 1.54) is 0 Å². The summed E-state index contributed by atoms with van der Waals surface area (Å²) in [6.07, 6.45) is 2.04. The Morgan fingerprint density at radius 1 is 1.64 bits per heavy atom. The lowest BCUT2D eigenvalue weighted by atomic mass is 10.1. The number of ether oxygens (including phenoxy) is 1. The average molecular weight is 197 g/mol. The van der Waals surface area contributed by atoms with Gasteiger partial charge in [0.05, 0.1) is 6.61 Å². The molecule has 0 spiro atoms. The highest BCUT2D eigenvalue weighted by Crippen LogP contribution is 2.22. The van der Waals surface area contributed by atoms with Crippen molar-refractivity contribution >= 4 is 0 Å². The summed E-state index contributed by atoms with van der Waals surface area (Å²) >= 11 is 0. The summed E-state index contributed by atoms with van der Waals surface area (Å²) in [5.41, 5.74) is 0. The lowest BCUT2D eigenvalue weighted by Gasteiger charge is -2.16. The predicted molar refractivity (Wildman–Crippen MR) is 49.8 cm³/mol. The molecule has 0 fully saturated rings. The van der Waals surface area contributed by atoms with Crippen LogP contribution in [0.3, 0.4) is 0 Å². The molecule has 1 unspecified atom stereocenters. The standard InChI is InChI=1S/C9H15N3O2/c1-14-6-4-8-10-9-7(13)3-2-5-12(9)11-8/h7,13H,2-6H2,1H3. The molecule has 1 N–H and O–H groups in total. The monoisotopic (exact) mass is 197 g/mol. The smallest absolute Gasteiger partial charge is 0.156 e. The third kappa shape index (κ3) is 1.78. The first-order valence-corrected chi connectivity index (χ1v) is 4.92. The average Bonchev–Trinajstić information content (AvgIpc) is 2.59. The Morgan fingerprint density at radius 2 is 2.50 bits per heavy atom. The second-order valence-corrected chi connectivity index (χ2v) is 3.51. The van der Waals surface area contributed by atoms with Crippen LogP contribution in [-0.2, 0) is 17.7 Å². The van der Waals surface area contributed by atoms with Gasteiger partial charge in [-0.3, -0.25) is 0 Å². The second kappa shape index (κ2) is 4.06. The minimum absolute atomic E-state index is 0.437. The van der Waals surface area contributed by atoms with Crippen molar-refractivity contribution in [2.75, 3.05) is 13.7 Å². The fourth-order valence-electron chi connectivity index (χ4n) is 1.68. The minimum atomic E-state index is -0.437. The van der Waals surface area contributed by atoms with Crippen LogP contribution in [0.1, 0.15) is 30.6 Å². The molecular formula is C9H15N3O2. The first kappa shape index (κ1) is 9.61. The Kier molecular flexibility index (Phi) is 2.79. The van der Waals surface area contributed by atoms with E-state index in [2.05, 4.69) is 10.1 Å². The van der Waals surface area contributed by atoms with Crippen LogP contribution >= 0.6 is 0 Å². The Labute approximate surface area is 82.7 Å². The van der Waals surface area contributed by atoms with Crippen LogP contribution in [0.5, 0.6) is 0 Å². The van der Waals surface area contributed by atoms with Crippen molar-refractivity contribution in [2.45, 2.75) is 31.9 Å². The highest BCUT2D eigenvalue weighted by atomic mass is 16.5. The van der Waals surface area contributed by atoms with E-state index in [0.29, 0.717) is 18.9 Å². The number of aliphatic hydroxyl groups is 1. The molecule has 1 atom stereocenters. The number of aliphatic hydroxyl groups excluding tert-OH is 1. The van der Waals surface area contributed by atoms with Crippen LogP contribution in [0.4, 0.5) is 0 Å². The van der Waals surface area contributed by atoms with E-state index in [-0.39, 0.29) is 0 Å². The summed E-state index contributed by atoms with van der Waals surface area (Å²) in [7, 11) is 1.66. The molecule has 0 aliphatic carbocycles. The topological polar surface area (TPSA) is 60.2 Å². The molecule has 5 nitrogen and oxygen atoms in total.